The normalized spacial score (nSPS) is 12.2. The monoisotopic (exact) mass is 327 g/mol. The minimum Gasteiger partial charge on any atom is -0.497 e. The Hall–Kier alpha value is -1.04. The first-order chi connectivity index (χ1) is 8.67. The van der Waals surface area contributed by atoms with Gasteiger partial charge in [0, 0.05) is 4.47 Å². The molecule has 18 heavy (non-hydrogen) atoms. The lowest BCUT2D eigenvalue weighted by atomic mass is 10.1. The van der Waals surface area contributed by atoms with Crippen LogP contribution in [0.25, 0.3) is 0 Å². The average molecular weight is 328 g/mol. The second-order valence-electron chi connectivity index (χ2n) is 3.72. The fraction of sp³-hybridized carbons (Fsp3) is 0.231. The van der Waals surface area contributed by atoms with Crippen LogP contribution in [0.5, 0.6) is 11.5 Å². The minimum atomic E-state index is -0.208. The van der Waals surface area contributed by atoms with Crippen molar-refractivity contribution in [3.05, 3.63) is 44.6 Å². The van der Waals surface area contributed by atoms with Gasteiger partial charge in [-0.1, -0.05) is 22.0 Å². The SMILES string of the molecule is COc1ccc(C(N)c2sccc2OC)c(Br)c1. The van der Waals surface area contributed by atoms with Crippen molar-refractivity contribution in [3.63, 3.8) is 0 Å². The van der Waals surface area contributed by atoms with Crippen LogP contribution in [0.15, 0.2) is 34.1 Å². The van der Waals surface area contributed by atoms with E-state index in [4.69, 9.17) is 15.2 Å². The predicted molar refractivity (Wildman–Crippen MR) is 77.6 cm³/mol. The highest BCUT2D eigenvalue weighted by molar-refractivity contribution is 9.10. The molecule has 0 aliphatic rings. The minimum absolute atomic E-state index is 0.208. The van der Waals surface area contributed by atoms with Crippen molar-refractivity contribution in [2.45, 2.75) is 6.04 Å². The van der Waals surface area contributed by atoms with Crippen molar-refractivity contribution < 1.29 is 9.47 Å². The van der Waals surface area contributed by atoms with E-state index in [2.05, 4.69) is 15.9 Å². The first-order valence-electron chi connectivity index (χ1n) is 5.37. The summed E-state index contributed by atoms with van der Waals surface area (Å²) in [7, 11) is 3.30. The molecule has 0 bridgehead atoms. The first kappa shape index (κ1) is 13.4. The topological polar surface area (TPSA) is 44.5 Å². The van der Waals surface area contributed by atoms with Crippen LogP contribution >= 0.6 is 27.3 Å². The molecule has 2 aromatic rings. The van der Waals surface area contributed by atoms with Crippen molar-refractivity contribution in [1.29, 1.82) is 0 Å². The van der Waals surface area contributed by atoms with Crippen molar-refractivity contribution >= 4 is 27.3 Å². The van der Waals surface area contributed by atoms with Gasteiger partial charge in [-0.25, -0.2) is 0 Å². The van der Waals surface area contributed by atoms with Gasteiger partial charge in [-0.15, -0.1) is 11.3 Å². The van der Waals surface area contributed by atoms with E-state index in [9.17, 15) is 0 Å². The third-order valence-electron chi connectivity index (χ3n) is 2.70. The average Bonchev–Trinajstić information content (AvgIpc) is 2.86. The summed E-state index contributed by atoms with van der Waals surface area (Å²) in [4.78, 5) is 1.02. The summed E-state index contributed by atoms with van der Waals surface area (Å²) in [6.45, 7) is 0. The Morgan fingerprint density at radius 1 is 1.22 bits per heavy atom. The Kier molecular flexibility index (Phi) is 4.27. The molecule has 3 nitrogen and oxygen atoms in total. The Morgan fingerprint density at radius 3 is 2.61 bits per heavy atom. The largest absolute Gasteiger partial charge is 0.497 e. The summed E-state index contributed by atoms with van der Waals surface area (Å²) in [5.41, 5.74) is 7.30. The van der Waals surface area contributed by atoms with E-state index in [-0.39, 0.29) is 6.04 Å². The van der Waals surface area contributed by atoms with Crippen LogP contribution in [0.2, 0.25) is 0 Å². The van der Waals surface area contributed by atoms with E-state index in [1.54, 1.807) is 25.6 Å². The molecule has 1 heterocycles. The Bertz CT molecular complexity index is 542. The van der Waals surface area contributed by atoms with Gasteiger partial charge in [0.15, 0.2) is 0 Å². The maximum atomic E-state index is 6.29. The molecule has 5 heteroatoms. The number of nitrogens with two attached hydrogens (primary N) is 1. The number of thiophene rings is 1. The molecule has 0 amide bonds. The third kappa shape index (κ3) is 2.53. The molecule has 0 spiro atoms. The zero-order valence-electron chi connectivity index (χ0n) is 10.1. The first-order valence-corrected chi connectivity index (χ1v) is 7.05. The van der Waals surface area contributed by atoms with Gasteiger partial charge in [-0.3, -0.25) is 0 Å². The summed E-state index contributed by atoms with van der Waals surface area (Å²) >= 11 is 5.12. The second-order valence-corrected chi connectivity index (χ2v) is 5.52. The van der Waals surface area contributed by atoms with E-state index < -0.39 is 0 Å². The number of halogens is 1. The summed E-state index contributed by atoms with van der Waals surface area (Å²) in [5, 5.41) is 1.98. The van der Waals surface area contributed by atoms with E-state index in [1.165, 1.54) is 0 Å². The van der Waals surface area contributed by atoms with Crippen LogP contribution in [-0.4, -0.2) is 14.2 Å². The lowest BCUT2D eigenvalue weighted by molar-refractivity contribution is 0.410. The van der Waals surface area contributed by atoms with Crippen LogP contribution in [0.1, 0.15) is 16.5 Å². The van der Waals surface area contributed by atoms with Gasteiger partial charge in [0.2, 0.25) is 0 Å². The van der Waals surface area contributed by atoms with E-state index in [1.807, 2.05) is 29.6 Å². The van der Waals surface area contributed by atoms with Gasteiger partial charge < -0.3 is 15.2 Å². The van der Waals surface area contributed by atoms with Gasteiger partial charge in [0.05, 0.1) is 25.1 Å². The lowest BCUT2D eigenvalue weighted by Crippen LogP contribution is -2.12. The van der Waals surface area contributed by atoms with Crippen LogP contribution in [0.3, 0.4) is 0 Å². The van der Waals surface area contributed by atoms with Crippen LogP contribution in [0.4, 0.5) is 0 Å². The maximum absolute atomic E-state index is 6.29. The molecule has 0 fully saturated rings. The lowest BCUT2D eigenvalue weighted by Gasteiger charge is -2.15. The van der Waals surface area contributed by atoms with Crippen molar-refractivity contribution in [3.8, 4) is 11.5 Å². The number of methoxy groups -OCH3 is 2. The van der Waals surface area contributed by atoms with Gasteiger partial charge in [0.1, 0.15) is 11.5 Å². The van der Waals surface area contributed by atoms with Gasteiger partial charge in [-0.2, -0.15) is 0 Å². The summed E-state index contributed by atoms with van der Waals surface area (Å²) in [6.07, 6.45) is 0. The fourth-order valence-corrected chi connectivity index (χ4v) is 3.22. The molecule has 0 radical (unpaired) electrons. The summed E-state index contributed by atoms with van der Waals surface area (Å²) < 4.78 is 11.4. The molecule has 0 aliphatic carbocycles. The number of ether oxygens (including phenoxy) is 2. The Labute approximate surface area is 119 Å². The molecule has 2 rings (SSSR count). The second kappa shape index (κ2) is 5.73. The number of rotatable bonds is 4. The molecule has 0 aliphatic heterocycles. The number of hydrogen-bond donors (Lipinski definition) is 1. The zero-order chi connectivity index (χ0) is 13.1. The smallest absolute Gasteiger partial charge is 0.134 e. The zero-order valence-corrected chi connectivity index (χ0v) is 12.5. The fourth-order valence-electron chi connectivity index (χ4n) is 1.73. The quantitative estimate of drug-likeness (QED) is 0.933. The molecule has 1 atom stereocenters. The molecular formula is C13H14BrNO2S. The number of hydrogen-bond acceptors (Lipinski definition) is 4. The maximum Gasteiger partial charge on any atom is 0.134 e. The Morgan fingerprint density at radius 2 is 2.00 bits per heavy atom. The highest BCUT2D eigenvalue weighted by atomic mass is 79.9. The molecule has 0 saturated carbocycles. The number of benzene rings is 1. The Balaban J connectivity index is 2.37. The van der Waals surface area contributed by atoms with E-state index >= 15 is 0 Å². The van der Waals surface area contributed by atoms with E-state index in [0.717, 1.165) is 26.4 Å². The van der Waals surface area contributed by atoms with Gasteiger partial charge >= 0.3 is 0 Å². The summed E-state index contributed by atoms with van der Waals surface area (Å²) in [6, 6.07) is 7.50. The third-order valence-corrected chi connectivity index (χ3v) is 4.37. The molecule has 0 saturated heterocycles. The summed E-state index contributed by atoms with van der Waals surface area (Å²) in [5.74, 6) is 1.63. The molecule has 1 unspecified atom stereocenters. The molecule has 2 N–H and O–H groups in total. The molecule has 1 aromatic carbocycles. The van der Waals surface area contributed by atoms with Crippen molar-refractivity contribution in [2.24, 2.45) is 5.73 Å². The highest BCUT2D eigenvalue weighted by Crippen LogP contribution is 2.36. The molecule has 1 aromatic heterocycles. The highest BCUT2D eigenvalue weighted by Gasteiger charge is 2.18. The van der Waals surface area contributed by atoms with Crippen LogP contribution < -0.4 is 15.2 Å². The van der Waals surface area contributed by atoms with Crippen molar-refractivity contribution in [2.75, 3.05) is 14.2 Å². The van der Waals surface area contributed by atoms with Crippen molar-refractivity contribution in [1.82, 2.24) is 0 Å². The standard InChI is InChI=1S/C13H14BrNO2S/c1-16-8-3-4-9(10(14)7-8)12(15)13-11(17-2)5-6-18-13/h3-7,12H,15H2,1-2H3. The molecule has 96 valence electrons. The van der Waals surface area contributed by atoms with Crippen LogP contribution in [0, 0.1) is 0 Å². The molecular weight excluding hydrogens is 314 g/mol. The van der Waals surface area contributed by atoms with E-state index in [0.29, 0.717) is 0 Å². The van der Waals surface area contributed by atoms with Gasteiger partial charge in [-0.05, 0) is 29.1 Å². The predicted octanol–water partition coefficient (Wildman–Crippen LogP) is 3.58. The van der Waals surface area contributed by atoms with Crippen LogP contribution in [-0.2, 0) is 0 Å². The van der Waals surface area contributed by atoms with Gasteiger partial charge in [0.25, 0.3) is 0 Å².